The minimum atomic E-state index is -0.119. The van der Waals surface area contributed by atoms with Crippen molar-refractivity contribution in [1.82, 2.24) is 9.80 Å². The predicted octanol–water partition coefficient (Wildman–Crippen LogP) is 4.64. The highest BCUT2D eigenvalue weighted by Crippen LogP contribution is 2.28. The summed E-state index contributed by atoms with van der Waals surface area (Å²) < 4.78 is 0. The summed E-state index contributed by atoms with van der Waals surface area (Å²) in [5, 5.41) is 0.680. The normalized spacial score (nSPS) is 18.8. The Morgan fingerprint density at radius 3 is 2.31 bits per heavy atom. The molecule has 0 N–H and O–H groups in total. The first-order valence-electron chi connectivity index (χ1n) is 9.57. The third kappa shape index (κ3) is 4.72. The molecule has 1 aliphatic carbocycles. The molecule has 2 aliphatic rings. The van der Waals surface area contributed by atoms with E-state index in [1.54, 1.807) is 23.1 Å². The number of hydrogen-bond donors (Lipinski definition) is 0. The van der Waals surface area contributed by atoms with E-state index in [2.05, 4.69) is 0 Å². The van der Waals surface area contributed by atoms with Crippen LogP contribution in [0.4, 0.5) is 0 Å². The number of benzene rings is 1. The van der Waals surface area contributed by atoms with Crippen molar-refractivity contribution in [3.05, 3.63) is 33.8 Å². The number of nitrogens with zero attached hydrogens (tertiary/aromatic N) is 2. The minimum Gasteiger partial charge on any atom is -0.339 e. The van der Waals surface area contributed by atoms with Crippen LogP contribution in [-0.2, 0) is 4.79 Å². The molecule has 1 saturated carbocycles. The molecule has 1 saturated heterocycles. The van der Waals surface area contributed by atoms with Crippen molar-refractivity contribution >= 4 is 35.0 Å². The Morgan fingerprint density at radius 2 is 1.62 bits per heavy atom. The van der Waals surface area contributed by atoms with E-state index in [1.165, 1.54) is 32.1 Å². The highest BCUT2D eigenvalue weighted by atomic mass is 35.5. The van der Waals surface area contributed by atoms with E-state index in [0.29, 0.717) is 48.2 Å². The molecule has 1 heterocycles. The van der Waals surface area contributed by atoms with Gasteiger partial charge in [-0.3, -0.25) is 9.59 Å². The van der Waals surface area contributed by atoms with E-state index < -0.39 is 0 Å². The average molecular weight is 397 g/mol. The molecule has 142 valence electrons. The lowest BCUT2D eigenvalue weighted by Crippen LogP contribution is -2.50. The first kappa shape index (κ1) is 19.5. The summed E-state index contributed by atoms with van der Waals surface area (Å²) in [5.74, 6) is 0.829. The van der Waals surface area contributed by atoms with Gasteiger partial charge in [0.1, 0.15) is 0 Å². The Hall–Kier alpha value is -1.26. The van der Waals surface area contributed by atoms with Gasteiger partial charge < -0.3 is 9.80 Å². The van der Waals surface area contributed by atoms with Crippen molar-refractivity contribution in [1.29, 1.82) is 0 Å². The van der Waals surface area contributed by atoms with Gasteiger partial charge in [-0.1, -0.05) is 61.4 Å². The molecule has 6 heteroatoms. The molecule has 3 rings (SSSR count). The summed E-state index contributed by atoms with van der Waals surface area (Å²) in [4.78, 5) is 28.8. The number of halogens is 2. The first-order valence-corrected chi connectivity index (χ1v) is 10.3. The number of carbonyl (C=O) groups is 2. The summed E-state index contributed by atoms with van der Waals surface area (Å²) >= 11 is 12.2. The molecular weight excluding hydrogens is 371 g/mol. The maximum absolute atomic E-state index is 12.7. The Morgan fingerprint density at radius 1 is 0.962 bits per heavy atom. The fourth-order valence-electron chi connectivity index (χ4n) is 3.96. The molecule has 2 fully saturated rings. The van der Waals surface area contributed by atoms with E-state index in [-0.39, 0.29) is 11.8 Å². The molecule has 1 aromatic rings. The van der Waals surface area contributed by atoms with Gasteiger partial charge in [0.2, 0.25) is 5.91 Å². The third-order valence-corrected chi connectivity index (χ3v) is 6.41. The van der Waals surface area contributed by atoms with Crippen molar-refractivity contribution in [2.75, 3.05) is 26.2 Å². The van der Waals surface area contributed by atoms with Crippen LogP contribution in [0.1, 0.15) is 55.3 Å². The molecule has 0 radical (unpaired) electrons. The number of amides is 2. The summed E-state index contributed by atoms with van der Waals surface area (Å²) in [6.45, 7) is 2.26. The smallest absolute Gasteiger partial charge is 0.255 e. The maximum atomic E-state index is 12.7. The van der Waals surface area contributed by atoms with E-state index in [1.807, 2.05) is 4.90 Å². The van der Waals surface area contributed by atoms with E-state index in [9.17, 15) is 9.59 Å². The molecule has 0 bridgehead atoms. The van der Waals surface area contributed by atoms with Gasteiger partial charge in [-0.15, -0.1) is 0 Å². The quantitative estimate of drug-likeness (QED) is 0.743. The zero-order valence-corrected chi connectivity index (χ0v) is 16.6. The van der Waals surface area contributed by atoms with Crippen LogP contribution in [0.3, 0.4) is 0 Å². The van der Waals surface area contributed by atoms with Gasteiger partial charge in [-0.2, -0.15) is 0 Å². The molecule has 0 unspecified atom stereocenters. The Balaban J connectivity index is 1.48. The largest absolute Gasteiger partial charge is 0.339 e. The summed E-state index contributed by atoms with van der Waals surface area (Å²) in [6.07, 6.45) is 8.16. The highest BCUT2D eigenvalue weighted by Gasteiger charge is 2.26. The van der Waals surface area contributed by atoms with Crippen molar-refractivity contribution in [3.63, 3.8) is 0 Å². The summed E-state index contributed by atoms with van der Waals surface area (Å²) in [6, 6.07) is 5.09. The number of carbonyl (C=O) groups excluding carboxylic acids is 2. The Kier molecular flexibility index (Phi) is 6.82. The molecule has 2 amide bonds. The van der Waals surface area contributed by atoms with Crippen molar-refractivity contribution < 1.29 is 9.59 Å². The van der Waals surface area contributed by atoms with E-state index in [4.69, 9.17) is 23.2 Å². The third-order valence-electron chi connectivity index (χ3n) is 5.59. The van der Waals surface area contributed by atoms with Gasteiger partial charge in [-0.25, -0.2) is 0 Å². The van der Waals surface area contributed by atoms with Crippen LogP contribution < -0.4 is 0 Å². The second kappa shape index (κ2) is 9.09. The lowest BCUT2D eigenvalue weighted by molar-refractivity contribution is -0.133. The topological polar surface area (TPSA) is 40.6 Å². The fraction of sp³-hybridized carbons (Fsp3) is 0.600. The van der Waals surface area contributed by atoms with Gasteiger partial charge in [0.05, 0.1) is 15.6 Å². The van der Waals surface area contributed by atoms with Crippen molar-refractivity contribution in [3.8, 4) is 0 Å². The predicted molar refractivity (Wildman–Crippen MR) is 105 cm³/mol. The molecule has 4 nitrogen and oxygen atoms in total. The molecule has 1 aliphatic heterocycles. The Bertz CT molecular complexity index is 651. The van der Waals surface area contributed by atoms with Crippen molar-refractivity contribution in [2.24, 2.45) is 5.92 Å². The Labute approximate surface area is 165 Å². The average Bonchev–Trinajstić information content (AvgIpc) is 2.68. The van der Waals surface area contributed by atoms with E-state index >= 15 is 0 Å². The monoisotopic (exact) mass is 396 g/mol. The van der Waals surface area contributed by atoms with Gasteiger partial charge in [-0.05, 0) is 24.5 Å². The minimum absolute atomic E-state index is 0.119. The van der Waals surface area contributed by atoms with Gasteiger partial charge in [0.15, 0.2) is 0 Å². The molecule has 1 aromatic carbocycles. The molecule has 0 spiro atoms. The summed E-state index contributed by atoms with van der Waals surface area (Å²) in [5.41, 5.74) is 0.427. The highest BCUT2D eigenvalue weighted by molar-refractivity contribution is 6.43. The number of rotatable bonds is 4. The second-order valence-electron chi connectivity index (χ2n) is 7.32. The second-order valence-corrected chi connectivity index (χ2v) is 8.10. The fourth-order valence-corrected chi connectivity index (χ4v) is 4.34. The molecule has 0 atom stereocenters. The van der Waals surface area contributed by atoms with Gasteiger partial charge in [0.25, 0.3) is 5.91 Å². The molecular formula is C20H26Cl2N2O2. The number of piperazine rings is 1. The van der Waals surface area contributed by atoms with Crippen molar-refractivity contribution in [2.45, 2.75) is 44.9 Å². The molecule has 0 aromatic heterocycles. The van der Waals surface area contributed by atoms with Crippen LogP contribution in [-0.4, -0.2) is 47.8 Å². The zero-order chi connectivity index (χ0) is 18.5. The standard InChI is InChI=1S/C20H26Cl2N2O2/c21-17-8-4-7-16(19(17)22)20(26)24-13-11-23(12-14-24)18(25)10-9-15-5-2-1-3-6-15/h4,7-8,15H,1-3,5-6,9-14H2. The van der Waals surface area contributed by atoms with Crippen LogP contribution in [0.5, 0.6) is 0 Å². The lowest BCUT2D eigenvalue weighted by atomic mass is 9.86. The van der Waals surface area contributed by atoms with Crippen LogP contribution in [0, 0.1) is 5.92 Å². The van der Waals surface area contributed by atoms with Gasteiger partial charge >= 0.3 is 0 Å². The summed E-state index contributed by atoms with van der Waals surface area (Å²) in [7, 11) is 0. The van der Waals surface area contributed by atoms with Crippen LogP contribution in [0.2, 0.25) is 10.0 Å². The van der Waals surface area contributed by atoms with Crippen LogP contribution >= 0.6 is 23.2 Å². The SMILES string of the molecule is O=C(CCC1CCCCC1)N1CCN(C(=O)c2cccc(Cl)c2Cl)CC1. The maximum Gasteiger partial charge on any atom is 0.255 e. The van der Waals surface area contributed by atoms with Gasteiger partial charge in [0, 0.05) is 32.6 Å². The lowest BCUT2D eigenvalue weighted by Gasteiger charge is -2.35. The van der Waals surface area contributed by atoms with Crippen LogP contribution in [0.15, 0.2) is 18.2 Å². The molecule has 26 heavy (non-hydrogen) atoms. The van der Waals surface area contributed by atoms with Crippen LogP contribution in [0.25, 0.3) is 0 Å². The zero-order valence-electron chi connectivity index (χ0n) is 15.1. The first-order chi connectivity index (χ1) is 12.6. The van der Waals surface area contributed by atoms with E-state index in [0.717, 1.165) is 12.3 Å². The number of hydrogen-bond acceptors (Lipinski definition) is 2.